The maximum atomic E-state index is 14.0. The van der Waals surface area contributed by atoms with Crippen LogP contribution in [0.15, 0.2) is 30.3 Å². The van der Waals surface area contributed by atoms with E-state index < -0.39 is 116 Å². The predicted octanol–water partition coefficient (Wildman–Crippen LogP) is 7.09. The smallest absolute Gasteiger partial charge is 0.398 e. The number of nitrogen functional groups attached to an aromatic ring is 2. The second kappa shape index (κ2) is 9.95. The molecule has 3 aromatic rings. The van der Waals surface area contributed by atoms with Crippen molar-refractivity contribution in [2.24, 2.45) is 0 Å². The van der Waals surface area contributed by atoms with Crippen LogP contribution >= 0.6 is 0 Å². The molecule has 0 fully saturated rings. The first-order valence-electron chi connectivity index (χ1n) is 11.3. The fourth-order valence-corrected chi connectivity index (χ4v) is 4.67. The molecule has 7 N–H and O–H groups in total. The topological polar surface area (TPSA) is 113 Å². The molecule has 3 rings (SSSR count). The Morgan fingerprint density at radius 2 is 0.783 bits per heavy atom. The lowest BCUT2D eigenvalue weighted by Gasteiger charge is -2.38. The minimum atomic E-state index is -7.21. The zero-order valence-corrected chi connectivity index (χ0v) is 21.2. The standard InChI is InChI=1S/C23H12F18N2O3/c24-18(25,26)15(44,19(27,28)29)9-5-8-6(4-11(9)42)1-2-7-3-10(16(45,20(30,31)32)21(33,34)35)14(43)13(12(7)8)17(46,22(36,37)38)23(39,40)41/h1-5,44-46H,42-43H2. The third-order valence-corrected chi connectivity index (χ3v) is 6.93. The van der Waals surface area contributed by atoms with Crippen LogP contribution in [0.3, 0.4) is 0 Å². The highest BCUT2D eigenvalue weighted by Crippen LogP contribution is 2.59. The van der Waals surface area contributed by atoms with Crippen LogP contribution in [0.25, 0.3) is 21.5 Å². The molecule has 0 amide bonds. The lowest BCUT2D eigenvalue weighted by molar-refractivity contribution is -0.377. The van der Waals surface area contributed by atoms with Gasteiger partial charge in [-0.25, -0.2) is 0 Å². The van der Waals surface area contributed by atoms with Crippen molar-refractivity contribution in [3.8, 4) is 0 Å². The molecule has 23 heteroatoms. The summed E-state index contributed by atoms with van der Waals surface area (Å²) in [5.41, 5.74) is -22.2. The van der Waals surface area contributed by atoms with Gasteiger partial charge in [0, 0.05) is 28.1 Å². The van der Waals surface area contributed by atoms with Gasteiger partial charge in [-0.1, -0.05) is 12.1 Å². The van der Waals surface area contributed by atoms with Crippen LogP contribution in [0.2, 0.25) is 0 Å². The first kappa shape index (κ1) is 36.9. The summed E-state index contributed by atoms with van der Waals surface area (Å²) < 4.78 is 248. The molecule has 0 saturated carbocycles. The largest absolute Gasteiger partial charge is 0.430 e. The third kappa shape index (κ3) is 4.88. The zero-order valence-electron chi connectivity index (χ0n) is 21.2. The van der Waals surface area contributed by atoms with Crippen LogP contribution in [-0.4, -0.2) is 52.4 Å². The maximum absolute atomic E-state index is 14.0. The second-order valence-corrected chi connectivity index (χ2v) is 9.65. The average molecular weight is 706 g/mol. The maximum Gasteiger partial charge on any atom is 0.430 e. The monoisotopic (exact) mass is 706 g/mol. The number of hydrogen-bond acceptors (Lipinski definition) is 5. The SMILES string of the molecule is Nc1cc2ccc3cc(C(O)(C(F)(F)F)C(F)(F)F)c(N)c(C(O)(C(F)(F)F)C(F)(F)F)c3c2cc1C(O)(C(F)(F)F)C(F)(F)F. The normalized spacial score (nSPS) is 15.2. The van der Waals surface area contributed by atoms with Crippen LogP contribution < -0.4 is 11.5 Å². The summed E-state index contributed by atoms with van der Waals surface area (Å²) in [4.78, 5) is 0. The number of alkyl halides is 18. The molecule has 0 unspecified atom stereocenters. The highest BCUT2D eigenvalue weighted by atomic mass is 19.4. The van der Waals surface area contributed by atoms with Gasteiger partial charge in [0.05, 0.1) is 0 Å². The molecule has 0 aliphatic carbocycles. The van der Waals surface area contributed by atoms with Gasteiger partial charge < -0.3 is 26.8 Å². The number of anilines is 2. The summed E-state index contributed by atoms with van der Waals surface area (Å²) in [6, 6.07) is -0.699. The van der Waals surface area contributed by atoms with Crippen LogP contribution in [-0.2, 0) is 16.8 Å². The Balaban J connectivity index is 2.87. The fraction of sp³-hybridized carbons (Fsp3) is 0.391. The van der Waals surface area contributed by atoms with E-state index in [0.717, 1.165) is 0 Å². The Morgan fingerprint density at radius 3 is 1.15 bits per heavy atom. The van der Waals surface area contributed by atoms with Crippen LogP contribution in [0.5, 0.6) is 0 Å². The molecule has 0 saturated heterocycles. The summed E-state index contributed by atoms with van der Waals surface area (Å²) in [5, 5.41) is 23.2. The Morgan fingerprint density at radius 1 is 0.435 bits per heavy atom. The van der Waals surface area contributed by atoms with Gasteiger partial charge in [0.25, 0.3) is 16.8 Å². The summed E-state index contributed by atoms with van der Waals surface area (Å²) in [6.07, 6.45) is -42.1. The molecule has 0 heterocycles. The van der Waals surface area contributed by atoms with E-state index in [1.165, 1.54) is 0 Å². The number of hydrogen-bond donors (Lipinski definition) is 5. The Labute approximate surface area is 240 Å². The van der Waals surface area contributed by atoms with E-state index in [-0.39, 0.29) is 12.1 Å². The fourth-order valence-electron chi connectivity index (χ4n) is 4.67. The Hall–Kier alpha value is -3.60. The molecule has 258 valence electrons. The van der Waals surface area contributed by atoms with Crippen LogP contribution in [0.4, 0.5) is 90.4 Å². The molecule has 3 aromatic carbocycles. The van der Waals surface area contributed by atoms with Gasteiger partial charge in [-0.3, -0.25) is 0 Å². The minimum absolute atomic E-state index is 0.0163. The van der Waals surface area contributed by atoms with Crippen molar-refractivity contribution >= 4 is 32.9 Å². The van der Waals surface area contributed by atoms with E-state index >= 15 is 0 Å². The van der Waals surface area contributed by atoms with E-state index in [1.54, 1.807) is 0 Å². The van der Waals surface area contributed by atoms with Gasteiger partial charge >= 0.3 is 37.1 Å². The van der Waals surface area contributed by atoms with Crippen molar-refractivity contribution in [2.75, 3.05) is 11.5 Å². The lowest BCUT2D eigenvalue weighted by atomic mass is 9.78. The predicted molar refractivity (Wildman–Crippen MR) is 118 cm³/mol. The molecule has 0 aliphatic heterocycles. The number of fused-ring (bicyclic) bond motifs is 3. The Kier molecular flexibility index (Phi) is 7.98. The number of rotatable bonds is 3. The van der Waals surface area contributed by atoms with E-state index in [2.05, 4.69) is 0 Å². The molecule has 0 aliphatic rings. The zero-order chi connectivity index (χ0) is 36.2. The van der Waals surface area contributed by atoms with Crippen molar-refractivity contribution in [1.29, 1.82) is 0 Å². The van der Waals surface area contributed by atoms with Crippen molar-refractivity contribution in [2.45, 2.75) is 53.9 Å². The summed E-state index contributed by atoms with van der Waals surface area (Å²) in [5.74, 6) is 0. The average Bonchev–Trinajstić information content (AvgIpc) is 2.82. The van der Waals surface area contributed by atoms with Gasteiger partial charge in [-0.2, -0.15) is 79.0 Å². The van der Waals surface area contributed by atoms with E-state index in [0.29, 0.717) is 6.07 Å². The number of halogens is 18. The van der Waals surface area contributed by atoms with Crippen molar-refractivity contribution in [3.05, 3.63) is 47.0 Å². The van der Waals surface area contributed by atoms with Gasteiger partial charge in [-0.15, -0.1) is 0 Å². The van der Waals surface area contributed by atoms with Crippen molar-refractivity contribution in [1.82, 2.24) is 0 Å². The molecule has 0 aromatic heterocycles. The Bertz CT molecular complexity index is 1640. The molecular formula is C23H12F18N2O3. The molecule has 0 spiro atoms. The molecule has 5 nitrogen and oxygen atoms in total. The third-order valence-electron chi connectivity index (χ3n) is 6.93. The van der Waals surface area contributed by atoms with Crippen LogP contribution in [0, 0.1) is 0 Å². The summed E-state index contributed by atoms with van der Waals surface area (Å²) in [7, 11) is 0. The van der Waals surface area contributed by atoms with Crippen LogP contribution in [0.1, 0.15) is 16.7 Å². The first-order valence-corrected chi connectivity index (χ1v) is 11.3. The quantitative estimate of drug-likeness (QED) is 0.114. The second-order valence-electron chi connectivity index (χ2n) is 9.65. The molecule has 46 heavy (non-hydrogen) atoms. The van der Waals surface area contributed by atoms with Gasteiger partial charge in [-0.05, 0) is 39.7 Å². The van der Waals surface area contributed by atoms with Gasteiger partial charge in [0.1, 0.15) is 0 Å². The molecule has 0 atom stereocenters. The number of nitrogens with two attached hydrogens (primary N) is 2. The number of aliphatic hydroxyl groups is 3. The first-order chi connectivity index (χ1) is 20.1. The van der Waals surface area contributed by atoms with Crippen molar-refractivity contribution in [3.63, 3.8) is 0 Å². The molecular weight excluding hydrogens is 694 g/mol. The van der Waals surface area contributed by atoms with Gasteiger partial charge in [0.2, 0.25) is 0 Å². The molecule has 0 bridgehead atoms. The molecule has 0 radical (unpaired) electrons. The number of benzene rings is 3. The van der Waals surface area contributed by atoms with Gasteiger partial charge in [0.15, 0.2) is 0 Å². The van der Waals surface area contributed by atoms with Crippen molar-refractivity contribution < 1.29 is 94.3 Å². The van der Waals surface area contributed by atoms with E-state index in [4.69, 9.17) is 11.5 Å². The summed E-state index contributed by atoms with van der Waals surface area (Å²) >= 11 is 0. The highest BCUT2D eigenvalue weighted by molar-refractivity contribution is 6.12. The highest BCUT2D eigenvalue weighted by Gasteiger charge is 2.76. The lowest BCUT2D eigenvalue weighted by Crippen LogP contribution is -2.56. The van der Waals surface area contributed by atoms with E-state index in [1.807, 2.05) is 0 Å². The van der Waals surface area contributed by atoms with E-state index in [9.17, 15) is 94.3 Å². The summed E-state index contributed by atoms with van der Waals surface area (Å²) in [6.45, 7) is 0. The minimum Gasteiger partial charge on any atom is -0.398 e.